The van der Waals surface area contributed by atoms with Crippen LogP contribution in [0.1, 0.15) is 31.1 Å². The molecule has 1 unspecified atom stereocenters. The maximum absolute atomic E-state index is 12.6. The summed E-state index contributed by atoms with van der Waals surface area (Å²) in [7, 11) is 0. The fraction of sp³-hybridized carbons (Fsp3) is 0.588. The molecule has 2 rings (SSSR count). The normalized spacial score (nSPS) is 16.6. The largest absolute Gasteiger partial charge is 0.334 e. The van der Waals surface area contributed by atoms with E-state index in [1.807, 2.05) is 17.0 Å². The van der Waals surface area contributed by atoms with Crippen LogP contribution in [0.3, 0.4) is 0 Å². The van der Waals surface area contributed by atoms with Crippen LogP contribution in [0.15, 0.2) is 30.2 Å². The minimum atomic E-state index is 0. The van der Waals surface area contributed by atoms with Crippen LogP contribution >= 0.6 is 23.7 Å². The molecule has 3 nitrogen and oxygen atoms in total. The standard InChI is InChI=1S/C17H26N2OS.ClH/c1-3-10-19(13-16-5-4-11-21-16)17(20)12-14(2)15-6-8-18-9-7-15;/h3-5,11,14-15,18H,1,6-10,12-13H2,2H3;1H. The maximum Gasteiger partial charge on any atom is 0.223 e. The van der Waals surface area contributed by atoms with Gasteiger partial charge in [-0.1, -0.05) is 19.1 Å². The number of halogens is 1. The van der Waals surface area contributed by atoms with Crippen LogP contribution < -0.4 is 5.32 Å². The van der Waals surface area contributed by atoms with Crippen LogP contribution in [0.25, 0.3) is 0 Å². The fourth-order valence-corrected chi connectivity index (χ4v) is 3.70. The highest BCUT2D eigenvalue weighted by Crippen LogP contribution is 2.25. The van der Waals surface area contributed by atoms with E-state index in [0.717, 1.165) is 13.1 Å². The third kappa shape index (κ3) is 5.75. The van der Waals surface area contributed by atoms with E-state index in [1.165, 1.54) is 17.7 Å². The number of amides is 1. The van der Waals surface area contributed by atoms with Crippen molar-refractivity contribution in [2.45, 2.75) is 32.7 Å². The Bertz CT molecular complexity index is 444. The number of carbonyl (C=O) groups excluding carboxylic acids is 1. The number of nitrogens with zero attached hydrogens (tertiary/aromatic N) is 1. The van der Waals surface area contributed by atoms with Crippen molar-refractivity contribution in [3.63, 3.8) is 0 Å². The van der Waals surface area contributed by atoms with Crippen molar-refractivity contribution >= 4 is 29.7 Å². The average molecular weight is 343 g/mol. The Morgan fingerprint density at radius 3 is 2.86 bits per heavy atom. The number of hydrogen-bond acceptors (Lipinski definition) is 3. The molecule has 124 valence electrons. The Hall–Kier alpha value is -0.840. The summed E-state index contributed by atoms with van der Waals surface area (Å²) < 4.78 is 0. The number of carbonyl (C=O) groups is 1. The van der Waals surface area contributed by atoms with Crippen molar-refractivity contribution < 1.29 is 4.79 Å². The van der Waals surface area contributed by atoms with Gasteiger partial charge in [-0.3, -0.25) is 4.79 Å². The molecule has 5 heteroatoms. The first-order chi connectivity index (χ1) is 10.2. The third-order valence-electron chi connectivity index (χ3n) is 4.31. The molecule has 0 aromatic carbocycles. The summed E-state index contributed by atoms with van der Waals surface area (Å²) in [6.45, 7) is 9.54. The number of thiophene rings is 1. The van der Waals surface area contributed by atoms with Crippen molar-refractivity contribution in [2.24, 2.45) is 11.8 Å². The molecule has 1 amide bonds. The van der Waals surface area contributed by atoms with Crippen LogP contribution in [0.2, 0.25) is 0 Å². The predicted molar refractivity (Wildman–Crippen MR) is 96.6 cm³/mol. The Balaban J connectivity index is 0.00000242. The zero-order valence-corrected chi connectivity index (χ0v) is 14.9. The Labute approximate surface area is 144 Å². The SMILES string of the molecule is C=CCN(Cc1cccs1)C(=O)CC(C)C1CCNCC1.Cl. The smallest absolute Gasteiger partial charge is 0.223 e. The first-order valence-corrected chi connectivity index (χ1v) is 8.70. The first kappa shape index (κ1) is 19.2. The second-order valence-corrected chi connectivity index (χ2v) is 6.94. The minimum Gasteiger partial charge on any atom is -0.334 e. The van der Waals surface area contributed by atoms with Crippen molar-refractivity contribution in [1.29, 1.82) is 0 Å². The van der Waals surface area contributed by atoms with Crippen LogP contribution in [-0.2, 0) is 11.3 Å². The molecule has 1 aromatic rings. The van der Waals surface area contributed by atoms with E-state index >= 15 is 0 Å². The lowest BCUT2D eigenvalue weighted by Gasteiger charge is -2.29. The molecule has 2 heterocycles. The molecule has 1 aliphatic rings. The van der Waals surface area contributed by atoms with E-state index < -0.39 is 0 Å². The highest BCUT2D eigenvalue weighted by Gasteiger charge is 2.24. The average Bonchev–Trinajstić information content (AvgIpc) is 3.00. The molecule has 1 aliphatic heterocycles. The summed E-state index contributed by atoms with van der Waals surface area (Å²) in [5.41, 5.74) is 0. The van der Waals surface area contributed by atoms with Gasteiger partial charge in [0.15, 0.2) is 0 Å². The Morgan fingerprint density at radius 2 is 2.27 bits per heavy atom. The van der Waals surface area contributed by atoms with Gasteiger partial charge in [-0.05, 0) is 49.2 Å². The molecular formula is C17H27ClN2OS. The van der Waals surface area contributed by atoms with E-state index in [1.54, 1.807) is 11.3 Å². The second kappa shape index (κ2) is 10.0. The lowest BCUT2D eigenvalue weighted by atomic mass is 9.84. The predicted octanol–water partition coefficient (Wildman–Crippen LogP) is 3.71. The summed E-state index contributed by atoms with van der Waals surface area (Å²) in [5.74, 6) is 1.41. The molecule has 22 heavy (non-hydrogen) atoms. The molecule has 0 aliphatic carbocycles. The van der Waals surface area contributed by atoms with Gasteiger partial charge in [0.1, 0.15) is 0 Å². The topological polar surface area (TPSA) is 32.3 Å². The van der Waals surface area contributed by atoms with E-state index in [0.29, 0.717) is 31.3 Å². The van der Waals surface area contributed by atoms with Crippen molar-refractivity contribution in [3.05, 3.63) is 35.0 Å². The van der Waals surface area contributed by atoms with Crippen LogP contribution in [0.4, 0.5) is 0 Å². The summed E-state index contributed by atoms with van der Waals surface area (Å²) >= 11 is 1.71. The summed E-state index contributed by atoms with van der Waals surface area (Å²) in [6, 6.07) is 4.12. The minimum absolute atomic E-state index is 0. The van der Waals surface area contributed by atoms with Gasteiger partial charge in [-0.15, -0.1) is 30.3 Å². The van der Waals surface area contributed by atoms with Crippen molar-refractivity contribution in [2.75, 3.05) is 19.6 Å². The maximum atomic E-state index is 12.6. The Kier molecular flexibility index (Phi) is 8.76. The van der Waals surface area contributed by atoms with Gasteiger partial charge < -0.3 is 10.2 Å². The van der Waals surface area contributed by atoms with Gasteiger partial charge >= 0.3 is 0 Å². The second-order valence-electron chi connectivity index (χ2n) is 5.91. The number of rotatable bonds is 7. The van der Waals surface area contributed by atoms with Gasteiger partial charge in [0.2, 0.25) is 5.91 Å². The number of piperidine rings is 1. The summed E-state index contributed by atoms with van der Waals surface area (Å²) in [5, 5.41) is 5.45. The van der Waals surface area contributed by atoms with Crippen molar-refractivity contribution in [3.8, 4) is 0 Å². The van der Waals surface area contributed by atoms with Crippen LogP contribution in [0.5, 0.6) is 0 Å². The summed E-state index contributed by atoms with van der Waals surface area (Å²) in [6.07, 6.45) is 4.87. The molecule has 0 spiro atoms. The van der Waals surface area contributed by atoms with Gasteiger partial charge in [-0.25, -0.2) is 0 Å². The zero-order valence-electron chi connectivity index (χ0n) is 13.3. The molecule has 0 radical (unpaired) electrons. The molecule has 1 saturated heterocycles. The molecule has 0 saturated carbocycles. The molecule has 1 fully saturated rings. The number of nitrogens with one attached hydrogen (secondary N) is 1. The van der Waals surface area contributed by atoms with Gasteiger partial charge in [0.25, 0.3) is 0 Å². The van der Waals surface area contributed by atoms with Gasteiger partial charge in [0, 0.05) is 17.8 Å². The summed E-state index contributed by atoms with van der Waals surface area (Å²) in [4.78, 5) is 15.7. The fourth-order valence-electron chi connectivity index (χ4n) is 2.99. The quantitative estimate of drug-likeness (QED) is 0.766. The van der Waals surface area contributed by atoms with Crippen LogP contribution in [-0.4, -0.2) is 30.4 Å². The Morgan fingerprint density at radius 1 is 1.55 bits per heavy atom. The highest BCUT2D eigenvalue weighted by molar-refractivity contribution is 7.09. The molecular weight excluding hydrogens is 316 g/mol. The van der Waals surface area contributed by atoms with E-state index in [2.05, 4.69) is 30.3 Å². The van der Waals surface area contributed by atoms with E-state index in [4.69, 9.17) is 0 Å². The lowest BCUT2D eigenvalue weighted by Crippen LogP contribution is -2.35. The van der Waals surface area contributed by atoms with E-state index in [-0.39, 0.29) is 18.3 Å². The highest BCUT2D eigenvalue weighted by atomic mass is 35.5. The van der Waals surface area contributed by atoms with E-state index in [9.17, 15) is 4.79 Å². The zero-order chi connectivity index (χ0) is 15.1. The van der Waals surface area contributed by atoms with Gasteiger partial charge in [0.05, 0.1) is 6.54 Å². The third-order valence-corrected chi connectivity index (χ3v) is 5.18. The molecule has 1 N–H and O–H groups in total. The number of hydrogen-bond donors (Lipinski definition) is 1. The first-order valence-electron chi connectivity index (χ1n) is 7.82. The lowest BCUT2D eigenvalue weighted by molar-refractivity contribution is -0.132. The molecule has 0 bridgehead atoms. The molecule has 1 aromatic heterocycles. The molecule has 1 atom stereocenters. The van der Waals surface area contributed by atoms with Crippen molar-refractivity contribution in [1.82, 2.24) is 10.2 Å². The van der Waals surface area contributed by atoms with Crippen LogP contribution in [0, 0.1) is 11.8 Å². The monoisotopic (exact) mass is 342 g/mol. The van der Waals surface area contributed by atoms with Gasteiger partial charge in [-0.2, -0.15) is 0 Å².